The fourth-order valence-corrected chi connectivity index (χ4v) is 2.54. The lowest BCUT2D eigenvalue weighted by atomic mass is 10.1. The maximum Gasteiger partial charge on any atom is 0.343 e. The van der Waals surface area contributed by atoms with Gasteiger partial charge in [-0.2, -0.15) is 0 Å². The molecule has 2 aromatic carbocycles. The number of nitrogens with one attached hydrogen (secondary N) is 1. The second-order valence-electron chi connectivity index (χ2n) is 5.87. The van der Waals surface area contributed by atoms with E-state index in [2.05, 4.69) is 10.1 Å². The maximum atomic E-state index is 13.5. The van der Waals surface area contributed by atoms with Gasteiger partial charge in [-0.3, -0.25) is 14.9 Å². The highest BCUT2D eigenvalue weighted by Crippen LogP contribution is 2.23. The number of ether oxygens (including phenoxy) is 2. The number of esters is 1. The smallest absolute Gasteiger partial charge is 0.343 e. The Balaban J connectivity index is 1.84. The number of carbonyl (C=O) groups is 4. The molecule has 0 atom stereocenters. The molecular weight excluding hydrogens is 383 g/mol. The van der Waals surface area contributed by atoms with Crippen LogP contribution >= 0.6 is 0 Å². The minimum absolute atomic E-state index is 0.00235. The summed E-state index contributed by atoms with van der Waals surface area (Å²) in [6.45, 7) is -0.261. The van der Waals surface area contributed by atoms with Gasteiger partial charge in [0.1, 0.15) is 17.1 Å². The van der Waals surface area contributed by atoms with Crippen molar-refractivity contribution in [3.8, 4) is 5.75 Å². The minimum atomic E-state index is -0.964. The van der Waals surface area contributed by atoms with Crippen LogP contribution in [0.3, 0.4) is 0 Å². The van der Waals surface area contributed by atoms with Gasteiger partial charge < -0.3 is 9.47 Å². The molecule has 0 aliphatic carbocycles. The highest BCUT2D eigenvalue weighted by atomic mass is 19.1. The number of halogens is 1. The fraction of sp³-hybridized carbons (Fsp3) is 0.100. The number of imide groups is 2. The van der Waals surface area contributed by atoms with Gasteiger partial charge in [0.2, 0.25) is 0 Å². The van der Waals surface area contributed by atoms with Gasteiger partial charge in [0.25, 0.3) is 11.8 Å². The van der Waals surface area contributed by atoms with E-state index >= 15 is 0 Å². The molecule has 1 saturated heterocycles. The zero-order valence-electron chi connectivity index (χ0n) is 15.2. The van der Waals surface area contributed by atoms with Gasteiger partial charge in [-0.1, -0.05) is 18.2 Å². The summed E-state index contributed by atoms with van der Waals surface area (Å²) in [6.07, 6.45) is 1.29. The van der Waals surface area contributed by atoms with Gasteiger partial charge >= 0.3 is 12.0 Å². The van der Waals surface area contributed by atoms with Crippen molar-refractivity contribution in [2.24, 2.45) is 0 Å². The number of anilines is 1. The summed E-state index contributed by atoms with van der Waals surface area (Å²) in [4.78, 5) is 48.7. The van der Waals surface area contributed by atoms with Crippen molar-refractivity contribution < 1.29 is 33.0 Å². The van der Waals surface area contributed by atoms with Crippen LogP contribution in [-0.2, 0) is 19.1 Å². The molecule has 0 radical (unpaired) electrons. The van der Waals surface area contributed by atoms with E-state index in [4.69, 9.17) is 4.74 Å². The molecule has 8 nitrogen and oxygen atoms in total. The molecule has 2 aromatic rings. The summed E-state index contributed by atoms with van der Waals surface area (Å²) < 4.78 is 23.2. The summed E-state index contributed by atoms with van der Waals surface area (Å²) >= 11 is 0. The van der Waals surface area contributed by atoms with Crippen LogP contribution in [0.4, 0.5) is 14.9 Å². The average Bonchev–Trinajstić information content (AvgIpc) is 2.70. The van der Waals surface area contributed by atoms with Gasteiger partial charge in [0, 0.05) is 0 Å². The largest absolute Gasteiger partial charge is 0.482 e. The first-order valence-electron chi connectivity index (χ1n) is 8.36. The van der Waals surface area contributed by atoms with Crippen molar-refractivity contribution >= 4 is 35.6 Å². The number of benzene rings is 2. The topological polar surface area (TPSA) is 102 Å². The first-order chi connectivity index (χ1) is 13.9. The zero-order valence-corrected chi connectivity index (χ0v) is 15.2. The van der Waals surface area contributed by atoms with E-state index in [1.807, 2.05) is 0 Å². The predicted molar refractivity (Wildman–Crippen MR) is 99.4 cm³/mol. The normalized spacial score (nSPS) is 15.3. The number of carbonyl (C=O) groups excluding carboxylic acids is 4. The third-order valence-electron chi connectivity index (χ3n) is 3.94. The molecule has 0 unspecified atom stereocenters. The Morgan fingerprint density at radius 3 is 2.52 bits per heavy atom. The van der Waals surface area contributed by atoms with Crippen molar-refractivity contribution in [3.63, 3.8) is 0 Å². The molecule has 0 spiro atoms. The number of nitrogens with zero attached hydrogens (tertiary/aromatic N) is 1. The van der Waals surface area contributed by atoms with E-state index in [0.717, 1.165) is 6.07 Å². The Bertz CT molecular complexity index is 1020. The summed E-state index contributed by atoms with van der Waals surface area (Å²) in [5.41, 5.74) is 0.178. The van der Waals surface area contributed by atoms with Crippen LogP contribution in [0.2, 0.25) is 0 Å². The number of urea groups is 1. The lowest BCUT2D eigenvalue weighted by Crippen LogP contribution is -2.54. The molecule has 0 aromatic heterocycles. The van der Waals surface area contributed by atoms with E-state index in [0.29, 0.717) is 16.2 Å². The number of hydrogen-bond donors (Lipinski definition) is 1. The Morgan fingerprint density at radius 1 is 1.14 bits per heavy atom. The van der Waals surface area contributed by atoms with Crippen LogP contribution in [0, 0.1) is 5.82 Å². The molecule has 1 heterocycles. The monoisotopic (exact) mass is 398 g/mol. The van der Waals surface area contributed by atoms with Gasteiger partial charge in [0.05, 0.1) is 12.8 Å². The standard InChI is InChI=1S/C20H15FN2O6/c1-28-17(24)11-29-15-7-5-12(6-8-15)9-16-18(25)22-20(27)23(19(16)26)14-4-2-3-13(21)10-14/h2-10H,11H2,1H3,(H,22,25,27)/b16-9+. The van der Waals surface area contributed by atoms with Crippen LogP contribution in [0.5, 0.6) is 5.75 Å². The molecule has 29 heavy (non-hydrogen) atoms. The maximum absolute atomic E-state index is 13.5. The van der Waals surface area contributed by atoms with Crippen molar-refractivity contribution in [1.29, 1.82) is 0 Å². The van der Waals surface area contributed by atoms with Gasteiger partial charge in [0.15, 0.2) is 6.61 Å². The van der Waals surface area contributed by atoms with E-state index in [9.17, 15) is 23.6 Å². The molecular formula is C20H15FN2O6. The second-order valence-corrected chi connectivity index (χ2v) is 5.87. The summed E-state index contributed by atoms with van der Waals surface area (Å²) in [7, 11) is 1.24. The molecule has 0 saturated carbocycles. The second kappa shape index (κ2) is 8.34. The van der Waals surface area contributed by atoms with Gasteiger partial charge in [-0.15, -0.1) is 0 Å². The zero-order chi connectivity index (χ0) is 21.0. The molecule has 1 aliphatic rings. The predicted octanol–water partition coefficient (Wildman–Crippen LogP) is 2.04. The van der Waals surface area contributed by atoms with Crippen LogP contribution in [0.15, 0.2) is 54.1 Å². The van der Waals surface area contributed by atoms with Crippen molar-refractivity contribution in [2.75, 3.05) is 18.6 Å². The average molecular weight is 398 g/mol. The van der Waals surface area contributed by atoms with E-state index in [-0.39, 0.29) is 17.9 Å². The molecule has 1 fully saturated rings. The first kappa shape index (κ1) is 19.7. The number of amides is 4. The Hall–Kier alpha value is -4.01. The van der Waals surface area contributed by atoms with Crippen LogP contribution in [0.1, 0.15) is 5.56 Å². The lowest BCUT2D eigenvalue weighted by molar-refractivity contribution is -0.143. The van der Waals surface area contributed by atoms with Crippen LogP contribution < -0.4 is 15.0 Å². The van der Waals surface area contributed by atoms with E-state index in [1.54, 1.807) is 12.1 Å². The van der Waals surface area contributed by atoms with Crippen LogP contribution in [-0.4, -0.2) is 37.5 Å². The van der Waals surface area contributed by atoms with Gasteiger partial charge in [-0.25, -0.2) is 18.9 Å². The molecule has 148 valence electrons. The Kier molecular flexibility index (Phi) is 5.68. The summed E-state index contributed by atoms with van der Waals surface area (Å²) in [5, 5.41) is 2.06. The molecule has 3 rings (SSSR count). The van der Waals surface area contributed by atoms with E-state index < -0.39 is 29.6 Å². The molecule has 0 bridgehead atoms. The first-order valence-corrected chi connectivity index (χ1v) is 8.36. The number of rotatable bonds is 5. The SMILES string of the molecule is COC(=O)COc1ccc(/C=C2\C(=O)NC(=O)N(c3cccc(F)c3)C2=O)cc1. The third kappa shape index (κ3) is 4.46. The Labute approximate surface area is 164 Å². The summed E-state index contributed by atoms with van der Waals surface area (Å²) in [5.74, 6) is -2.53. The minimum Gasteiger partial charge on any atom is -0.482 e. The third-order valence-corrected chi connectivity index (χ3v) is 3.94. The molecule has 4 amide bonds. The summed E-state index contributed by atoms with van der Waals surface area (Å²) in [6, 6.07) is 10.1. The van der Waals surface area contributed by atoms with Crippen LogP contribution in [0.25, 0.3) is 6.08 Å². The number of methoxy groups -OCH3 is 1. The molecule has 9 heteroatoms. The van der Waals surface area contributed by atoms with Gasteiger partial charge in [-0.05, 0) is 42.0 Å². The van der Waals surface area contributed by atoms with Crippen molar-refractivity contribution in [3.05, 3.63) is 65.5 Å². The highest BCUT2D eigenvalue weighted by molar-refractivity contribution is 6.39. The number of hydrogen-bond acceptors (Lipinski definition) is 6. The Morgan fingerprint density at radius 2 is 1.86 bits per heavy atom. The lowest BCUT2D eigenvalue weighted by Gasteiger charge is -2.26. The molecule has 1 N–H and O–H groups in total. The van der Waals surface area contributed by atoms with E-state index in [1.165, 1.54) is 43.5 Å². The quantitative estimate of drug-likeness (QED) is 0.470. The highest BCUT2D eigenvalue weighted by Gasteiger charge is 2.36. The molecule has 1 aliphatic heterocycles. The van der Waals surface area contributed by atoms with Crippen molar-refractivity contribution in [2.45, 2.75) is 0 Å². The van der Waals surface area contributed by atoms with Crippen molar-refractivity contribution in [1.82, 2.24) is 5.32 Å². The number of barbiturate groups is 1. The fourth-order valence-electron chi connectivity index (χ4n) is 2.54.